The van der Waals surface area contributed by atoms with Gasteiger partial charge in [-0.05, 0) is 6.92 Å². The van der Waals surface area contributed by atoms with Gasteiger partial charge in [0, 0.05) is 6.20 Å². The highest BCUT2D eigenvalue weighted by Gasteiger charge is 2.28. The molecule has 0 bridgehead atoms. The van der Waals surface area contributed by atoms with E-state index in [0.29, 0.717) is 0 Å². The summed E-state index contributed by atoms with van der Waals surface area (Å²) in [5.74, 6) is -1.87. The van der Waals surface area contributed by atoms with Crippen LogP contribution in [0.1, 0.15) is 6.92 Å². The Kier molecular flexibility index (Phi) is 2.75. The van der Waals surface area contributed by atoms with Gasteiger partial charge in [-0.15, -0.1) is 0 Å². The van der Waals surface area contributed by atoms with E-state index >= 15 is 0 Å². The largest absolute Gasteiger partial charge is 0.462 e. The predicted molar refractivity (Wildman–Crippen MR) is 44.9 cm³/mol. The lowest BCUT2D eigenvalue weighted by atomic mass is 10.3. The highest BCUT2D eigenvalue weighted by Crippen LogP contribution is 2.02. The van der Waals surface area contributed by atoms with Crippen LogP contribution in [-0.2, 0) is 24.5 Å². The van der Waals surface area contributed by atoms with E-state index in [4.69, 9.17) is 0 Å². The topological polar surface area (TPSA) is 102 Å². The van der Waals surface area contributed by atoms with Crippen molar-refractivity contribution in [2.24, 2.45) is 0 Å². The SMILES string of the molecule is CCOC(=O)C1=CNS(=O)(=O)NC1=O. The molecule has 0 aromatic heterocycles. The molecule has 1 aliphatic rings. The summed E-state index contributed by atoms with van der Waals surface area (Å²) in [7, 11) is -3.85. The zero-order chi connectivity index (χ0) is 10.8. The van der Waals surface area contributed by atoms with Crippen LogP contribution in [0, 0.1) is 0 Å². The molecule has 78 valence electrons. The van der Waals surface area contributed by atoms with Gasteiger partial charge in [0.2, 0.25) is 0 Å². The van der Waals surface area contributed by atoms with Crippen molar-refractivity contribution in [3.8, 4) is 0 Å². The number of carbonyl (C=O) groups is 2. The zero-order valence-corrected chi connectivity index (χ0v) is 8.05. The van der Waals surface area contributed by atoms with Crippen molar-refractivity contribution in [1.29, 1.82) is 0 Å². The van der Waals surface area contributed by atoms with E-state index in [9.17, 15) is 18.0 Å². The molecule has 0 radical (unpaired) electrons. The average Bonchev–Trinajstić information content (AvgIpc) is 2.02. The summed E-state index contributed by atoms with van der Waals surface area (Å²) < 4.78 is 29.5. The van der Waals surface area contributed by atoms with Crippen molar-refractivity contribution < 1.29 is 22.7 Å². The average molecular weight is 220 g/mol. The van der Waals surface area contributed by atoms with Gasteiger partial charge >= 0.3 is 16.2 Å². The summed E-state index contributed by atoms with van der Waals surface area (Å²) >= 11 is 0. The molecule has 0 aromatic rings. The van der Waals surface area contributed by atoms with Crippen LogP contribution in [0.4, 0.5) is 0 Å². The zero-order valence-electron chi connectivity index (χ0n) is 7.23. The Morgan fingerprint density at radius 3 is 2.71 bits per heavy atom. The maximum Gasteiger partial charge on any atom is 0.345 e. The Labute approximate surface area is 80.3 Å². The lowest BCUT2D eigenvalue weighted by Crippen LogP contribution is -2.45. The van der Waals surface area contributed by atoms with E-state index < -0.39 is 22.1 Å². The molecule has 0 spiro atoms. The Bertz CT molecular complexity index is 396. The normalized spacial score (nSPS) is 18.9. The minimum Gasteiger partial charge on any atom is -0.462 e. The van der Waals surface area contributed by atoms with Crippen molar-refractivity contribution in [1.82, 2.24) is 9.44 Å². The van der Waals surface area contributed by atoms with Crippen molar-refractivity contribution >= 4 is 22.1 Å². The van der Waals surface area contributed by atoms with Crippen LogP contribution < -0.4 is 9.44 Å². The summed E-state index contributed by atoms with van der Waals surface area (Å²) in [6.45, 7) is 1.68. The second-order valence-corrected chi connectivity index (χ2v) is 3.78. The number of hydrogen-bond donors (Lipinski definition) is 2. The Hall–Kier alpha value is -1.57. The molecule has 0 saturated carbocycles. The second kappa shape index (κ2) is 3.66. The third-order valence-corrected chi connectivity index (χ3v) is 2.21. The van der Waals surface area contributed by atoms with Crippen LogP contribution in [0.3, 0.4) is 0 Å². The molecule has 0 unspecified atom stereocenters. The molecular weight excluding hydrogens is 212 g/mol. The minimum atomic E-state index is -3.85. The van der Waals surface area contributed by atoms with E-state index in [1.165, 1.54) is 0 Å². The number of nitrogens with one attached hydrogen (secondary N) is 2. The fourth-order valence-corrected chi connectivity index (χ4v) is 1.45. The highest BCUT2D eigenvalue weighted by atomic mass is 32.2. The molecule has 1 aliphatic heterocycles. The number of rotatable bonds is 2. The summed E-state index contributed by atoms with van der Waals surface area (Å²) in [6, 6.07) is 0. The number of ether oxygens (including phenoxy) is 1. The van der Waals surface area contributed by atoms with Crippen LogP contribution in [-0.4, -0.2) is 26.9 Å². The third-order valence-electron chi connectivity index (χ3n) is 1.33. The molecule has 0 aliphatic carbocycles. The summed E-state index contributed by atoms with van der Waals surface area (Å²) in [5, 5.41) is 0. The van der Waals surface area contributed by atoms with Gasteiger partial charge < -0.3 is 4.74 Å². The van der Waals surface area contributed by atoms with Crippen molar-refractivity contribution in [2.75, 3.05) is 6.61 Å². The van der Waals surface area contributed by atoms with Crippen molar-refractivity contribution in [3.63, 3.8) is 0 Å². The lowest BCUT2D eigenvalue weighted by Gasteiger charge is -2.13. The van der Waals surface area contributed by atoms with Crippen LogP contribution in [0.5, 0.6) is 0 Å². The predicted octanol–water partition coefficient (Wildman–Crippen LogP) is -1.60. The summed E-state index contributed by atoms with van der Waals surface area (Å²) in [6.07, 6.45) is 0.798. The standard InChI is InChI=1S/C6H8N2O5S/c1-2-13-6(10)4-3-7-14(11,12)8-5(4)9/h3,7H,2H2,1H3,(H,8,9). The molecule has 0 fully saturated rings. The molecule has 2 N–H and O–H groups in total. The fraction of sp³-hybridized carbons (Fsp3) is 0.333. The van der Waals surface area contributed by atoms with Gasteiger partial charge in [-0.2, -0.15) is 8.42 Å². The van der Waals surface area contributed by atoms with Gasteiger partial charge in [0.25, 0.3) is 5.91 Å². The number of esters is 1. The van der Waals surface area contributed by atoms with Gasteiger partial charge in [0.05, 0.1) is 6.61 Å². The van der Waals surface area contributed by atoms with Crippen LogP contribution in [0.2, 0.25) is 0 Å². The quantitative estimate of drug-likeness (QED) is 0.431. The first-order valence-corrected chi connectivity index (χ1v) is 5.16. The number of hydrogen-bond acceptors (Lipinski definition) is 5. The number of amides is 1. The highest BCUT2D eigenvalue weighted by molar-refractivity contribution is 7.88. The molecule has 0 saturated heterocycles. The Morgan fingerprint density at radius 2 is 2.21 bits per heavy atom. The fourth-order valence-electron chi connectivity index (χ4n) is 0.769. The summed E-state index contributed by atoms with van der Waals surface area (Å²) in [5.41, 5.74) is -0.373. The van der Waals surface area contributed by atoms with Crippen LogP contribution >= 0.6 is 0 Å². The molecular formula is C6H8N2O5S. The van der Waals surface area contributed by atoms with E-state index in [1.54, 1.807) is 11.6 Å². The molecule has 1 amide bonds. The molecule has 14 heavy (non-hydrogen) atoms. The lowest BCUT2D eigenvalue weighted by molar-refractivity contribution is -0.140. The molecule has 1 heterocycles. The van der Waals surface area contributed by atoms with Gasteiger partial charge in [-0.3, -0.25) is 9.52 Å². The maximum atomic E-state index is 11.0. The molecule has 8 heteroatoms. The second-order valence-electron chi connectivity index (χ2n) is 2.33. The van der Waals surface area contributed by atoms with E-state index in [1.807, 2.05) is 4.72 Å². The van der Waals surface area contributed by atoms with Gasteiger partial charge in [-0.1, -0.05) is 0 Å². The van der Waals surface area contributed by atoms with Crippen LogP contribution in [0.15, 0.2) is 11.8 Å². The minimum absolute atomic E-state index is 0.107. The van der Waals surface area contributed by atoms with Gasteiger partial charge in [-0.25, -0.2) is 9.52 Å². The maximum absolute atomic E-state index is 11.0. The number of carbonyl (C=O) groups excluding carboxylic acids is 2. The first kappa shape index (κ1) is 10.5. The van der Waals surface area contributed by atoms with Gasteiger partial charge in [0.15, 0.2) is 0 Å². The van der Waals surface area contributed by atoms with E-state index in [-0.39, 0.29) is 12.2 Å². The first-order chi connectivity index (χ1) is 6.46. The van der Waals surface area contributed by atoms with Crippen molar-refractivity contribution in [2.45, 2.75) is 6.92 Å². The molecule has 1 rings (SSSR count). The molecule has 7 nitrogen and oxygen atoms in total. The summed E-state index contributed by atoms with van der Waals surface area (Å²) in [4.78, 5) is 22.1. The Balaban J connectivity index is 2.88. The molecule has 0 atom stereocenters. The van der Waals surface area contributed by atoms with Crippen molar-refractivity contribution in [3.05, 3.63) is 11.8 Å². The van der Waals surface area contributed by atoms with Gasteiger partial charge in [0.1, 0.15) is 5.57 Å². The monoisotopic (exact) mass is 220 g/mol. The third kappa shape index (κ3) is 2.22. The van der Waals surface area contributed by atoms with E-state index in [0.717, 1.165) is 6.20 Å². The van der Waals surface area contributed by atoms with E-state index in [2.05, 4.69) is 4.74 Å². The smallest absolute Gasteiger partial charge is 0.345 e. The molecule has 0 aromatic carbocycles. The Morgan fingerprint density at radius 1 is 1.57 bits per heavy atom. The first-order valence-electron chi connectivity index (χ1n) is 3.68. The van der Waals surface area contributed by atoms with Crippen LogP contribution in [0.25, 0.3) is 0 Å².